The molecular weight excluding hydrogens is 288 g/mol. The number of nitriles is 1. The van der Waals surface area contributed by atoms with Gasteiger partial charge in [0.25, 0.3) is 0 Å². The molecule has 0 spiro atoms. The molecule has 7 heteroatoms. The average Bonchev–Trinajstić information content (AvgIpc) is 2.87. The number of aryl methyl sites for hydroxylation is 1. The van der Waals surface area contributed by atoms with Crippen LogP contribution in [0.4, 0.5) is 14.5 Å². The molecule has 0 saturated heterocycles. The smallest absolute Gasteiger partial charge is 0.150 e. The molecule has 2 aromatic rings. The van der Waals surface area contributed by atoms with Crippen molar-refractivity contribution in [2.75, 3.05) is 26.0 Å². The molecule has 0 aliphatic carbocycles. The Balaban J connectivity index is 2.19. The van der Waals surface area contributed by atoms with Gasteiger partial charge in [0.15, 0.2) is 11.6 Å². The SMILES string of the molecule is CN(C)C(CNc1c(F)cc(C#N)cc1F)c1cnn(C)c1. The Hall–Kier alpha value is -2.46. The van der Waals surface area contributed by atoms with E-state index in [1.807, 2.05) is 32.2 Å². The van der Waals surface area contributed by atoms with Crippen LogP contribution >= 0.6 is 0 Å². The van der Waals surface area contributed by atoms with Gasteiger partial charge in [-0.15, -0.1) is 0 Å². The molecule has 22 heavy (non-hydrogen) atoms. The Bertz CT molecular complexity index is 679. The third-order valence-electron chi connectivity index (χ3n) is 3.38. The Morgan fingerprint density at radius 1 is 1.36 bits per heavy atom. The summed E-state index contributed by atoms with van der Waals surface area (Å²) in [6.45, 7) is 0.304. The Morgan fingerprint density at radius 3 is 2.45 bits per heavy atom. The van der Waals surface area contributed by atoms with Crippen molar-refractivity contribution in [3.05, 3.63) is 47.3 Å². The first-order chi connectivity index (χ1) is 10.4. The highest BCUT2D eigenvalue weighted by Gasteiger charge is 2.18. The number of rotatable bonds is 5. The lowest BCUT2D eigenvalue weighted by Gasteiger charge is -2.24. The average molecular weight is 305 g/mol. The van der Waals surface area contributed by atoms with Crippen LogP contribution in [0.2, 0.25) is 0 Å². The van der Waals surface area contributed by atoms with E-state index < -0.39 is 11.6 Å². The minimum atomic E-state index is -0.778. The summed E-state index contributed by atoms with van der Waals surface area (Å²) in [5.74, 6) is -1.56. The maximum atomic E-state index is 13.9. The molecule has 1 atom stereocenters. The van der Waals surface area contributed by atoms with Gasteiger partial charge in [0.1, 0.15) is 5.69 Å². The predicted molar refractivity (Wildman–Crippen MR) is 79.2 cm³/mol. The van der Waals surface area contributed by atoms with Crippen molar-refractivity contribution in [3.8, 4) is 6.07 Å². The first-order valence-electron chi connectivity index (χ1n) is 6.70. The maximum absolute atomic E-state index is 13.9. The van der Waals surface area contributed by atoms with Crippen LogP contribution in [0, 0.1) is 23.0 Å². The lowest BCUT2D eigenvalue weighted by atomic mass is 10.1. The van der Waals surface area contributed by atoms with Crippen LogP contribution in [-0.4, -0.2) is 35.3 Å². The van der Waals surface area contributed by atoms with Gasteiger partial charge in [0.2, 0.25) is 0 Å². The fraction of sp³-hybridized carbons (Fsp3) is 0.333. The van der Waals surface area contributed by atoms with Gasteiger partial charge in [0.05, 0.1) is 23.9 Å². The van der Waals surface area contributed by atoms with Gasteiger partial charge in [-0.1, -0.05) is 0 Å². The standard InChI is InChI=1S/C15H17F2N5/c1-21(2)14(11-7-20-22(3)9-11)8-19-15-12(16)4-10(6-18)5-13(15)17/h4-5,7,9,14,19H,8H2,1-3H3. The van der Waals surface area contributed by atoms with E-state index >= 15 is 0 Å². The Labute approximate surface area is 127 Å². The number of halogens is 2. The zero-order chi connectivity index (χ0) is 16.3. The van der Waals surface area contributed by atoms with E-state index in [9.17, 15) is 8.78 Å². The summed E-state index contributed by atoms with van der Waals surface area (Å²) in [5.41, 5.74) is 0.668. The molecule has 0 saturated carbocycles. The monoisotopic (exact) mass is 305 g/mol. The van der Waals surface area contributed by atoms with Crippen LogP contribution in [-0.2, 0) is 7.05 Å². The first kappa shape index (κ1) is 15.9. The topological polar surface area (TPSA) is 56.9 Å². The molecular formula is C15H17F2N5. The quantitative estimate of drug-likeness (QED) is 0.921. The molecule has 1 aromatic heterocycles. The molecule has 2 rings (SSSR count). The number of aromatic nitrogens is 2. The van der Waals surface area contributed by atoms with E-state index in [-0.39, 0.29) is 17.3 Å². The third-order valence-corrected chi connectivity index (χ3v) is 3.38. The van der Waals surface area contributed by atoms with Crippen molar-refractivity contribution in [2.45, 2.75) is 6.04 Å². The van der Waals surface area contributed by atoms with Gasteiger partial charge in [0, 0.05) is 25.4 Å². The van der Waals surface area contributed by atoms with Crippen molar-refractivity contribution in [1.29, 1.82) is 5.26 Å². The van der Waals surface area contributed by atoms with E-state index in [1.54, 1.807) is 16.9 Å². The van der Waals surface area contributed by atoms with Crippen molar-refractivity contribution >= 4 is 5.69 Å². The zero-order valence-electron chi connectivity index (χ0n) is 12.6. The highest BCUT2D eigenvalue weighted by atomic mass is 19.1. The molecule has 0 fully saturated rings. The number of likely N-dealkylation sites (N-methyl/N-ethyl adjacent to an activating group) is 1. The van der Waals surface area contributed by atoms with Crippen LogP contribution in [0.1, 0.15) is 17.2 Å². The van der Waals surface area contributed by atoms with Crippen LogP contribution in [0.3, 0.4) is 0 Å². The van der Waals surface area contributed by atoms with Crippen molar-refractivity contribution in [2.24, 2.45) is 7.05 Å². The molecule has 116 valence electrons. The summed E-state index contributed by atoms with van der Waals surface area (Å²) in [4.78, 5) is 1.93. The van der Waals surface area contributed by atoms with Crippen LogP contribution < -0.4 is 5.32 Å². The van der Waals surface area contributed by atoms with Gasteiger partial charge in [-0.05, 0) is 26.2 Å². The fourth-order valence-corrected chi connectivity index (χ4v) is 2.22. The molecule has 1 aromatic carbocycles. The highest BCUT2D eigenvalue weighted by Crippen LogP contribution is 2.23. The van der Waals surface area contributed by atoms with Gasteiger partial charge in [-0.3, -0.25) is 4.68 Å². The number of hydrogen-bond acceptors (Lipinski definition) is 4. The van der Waals surface area contributed by atoms with Crippen molar-refractivity contribution in [3.63, 3.8) is 0 Å². The number of hydrogen-bond donors (Lipinski definition) is 1. The van der Waals surface area contributed by atoms with Gasteiger partial charge < -0.3 is 10.2 Å². The number of nitrogens with one attached hydrogen (secondary N) is 1. The summed E-state index contributed by atoms with van der Waals surface area (Å²) in [6.07, 6.45) is 3.58. The molecule has 0 aliphatic rings. The second kappa shape index (κ2) is 6.54. The van der Waals surface area contributed by atoms with E-state index in [2.05, 4.69) is 10.4 Å². The molecule has 1 unspecified atom stereocenters. The number of anilines is 1. The second-order valence-electron chi connectivity index (χ2n) is 5.23. The molecule has 0 amide bonds. The summed E-state index contributed by atoms with van der Waals surface area (Å²) >= 11 is 0. The fourth-order valence-electron chi connectivity index (χ4n) is 2.22. The van der Waals surface area contributed by atoms with E-state index in [0.717, 1.165) is 17.7 Å². The minimum Gasteiger partial charge on any atom is -0.378 e. The molecule has 5 nitrogen and oxygen atoms in total. The summed E-state index contributed by atoms with van der Waals surface area (Å²) in [6, 6.07) is 3.65. The lowest BCUT2D eigenvalue weighted by Crippen LogP contribution is -2.27. The molecule has 0 aliphatic heterocycles. The summed E-state index contributed by atoms with van der Waals surface area (Å²) in [5, 5.41) is 15.6. The van der Waals surface area contributed by atoms with Crippen LogP contribution in [0.5, 0.6) is 0 Å². The number of benzene rings is 1. The predicted octanol–water partition coefficient (Wildman–Crippen LogP) is 2.28. The largest absolute Gasteiger partial charge is 0.378 e. The molecule has 1 heterocycles. The molecule has 0 radical (unpaired) electrons. The van der Waals surface area contributed by atoms with Gasteiger partial charge in [-0.25, -0.2) is 8.78 Å². The van der Waals surface area contributed by atoms with Crippen LogP contribution in [0.15, 0.2) is 24.5 Å². The van der Waals surface area contributed by atoms with Crippen molar-refractivity contribution < 1.29 is 8.78 Å². The Morgan fingerprint density at radius 2 is 2.00 bits per heavy atom. The van der Waals surface area contributed by atoms with Gasteiger partial charge in [-0.2, -0.15) is 10.4 Å². The molecule has 0 bridgehead atoms. The van der Waals surface area contributed by atoms with E-state index in [4.69, 9.17) is 5.26 Å². The second-order valence-corrected chi connectivity index (χ2v) is 5.23. The lowest BCUT2D eigenvalue weighted by molar-refractivity contribution is 0.311. The third kappa shape index (κ3) is 3.40. The number of nitrogens with zero attached hydrogens (tertiary/aromatic N) is 4. The summed E-state index contributed by atoms with van der Waals surface area (Å²) < 4.78 is 29.4. The highest BCUT2D eigenvalue weighted by molar-refractivity contribution is 5.50. The van der Waals surface area contributed by atoms with Gasteiger partial charge >= 0.3 is 0 Å². The minimum absolute atomic E-state index is 0.0445. The maximum Gasteiger partial charge on any atom is 0.150 e. The normalized spacial score (nSPS) is 12.2. The van der Waals surface area contributed by atoms with E-state index in [0.29, 0.717) is 6.54 Å². The van der Waals surface area contributed by atoms with Crippen molar-refractivity contribution in [1.82, 2.24) is 14.7 Å². The van der Waals surface area contributed by atoms with Crippen LogP contribution in [0.25, 0.3) is 0 Å². The zero-order valence-corrected chi connectivity index (χ0v) is 12.6. The first-order valence-corrected chi connectivity index (χ1v) is 6.70. The molecule has 1 N–H and O–H groups in total. The van der Waals surface area contributed by atoms with E-state index in [1.165, 1.54) is 0 Å². The summed E-state index contributed by atoms with van der Waals surface area (Å²) in [7, 11) is 5.57. The Kier molecular flexibility index (Phi) is 4.73.